The number of hydrogen-bond donors (Lipinski definition) is 1. The maximum Gasteiger partial charge on any atom is 0.406 e. The molecular formula is C16H13Cl3F3N3O3. The van der Waals surface area contributed by atoms with Crippen molar-refractivity contribution in [1.82, 2.24) is 9.55 Å². The predicted octanol–water partition coefficient (Wildman–Crippen LogP) is 4.64. The molecule has 0 aliphatic rings. The fraction of sp³-hybridized carbons (Fsp3) is 0.312. The second-order valence-corrected chi connectivity index (χ2v) is 6.89. The number of rotatable bonds is 5. The van der Waals surface area contributed by atoms with E-state index in [1.165, 1.54) is 19.9 Å². The summed E-state index contributed by atoms with van der Waals surface area (Å²) in [5.74, 6) is -1.79. The van der Waals surface area contributed by atoms with Gasteiger partial charge in [-0.3, -0.25) is 4.79 Å². The molecule has 2 aromatic heterocycles. The van der Waals surface area contributed by atoms with Crippen LogP contribution in [0.3, 0.4) is 0 Å². The fourth-order valence-electron chi connectivity index (χ4n) is 2.45. The highest BCUT2D eigenvalue weighted by molar-refractivity contribution is 6.46. The molecule has 6 nitrogen and oxygen atoms in total. The zero-order valence-corrected chi connectivity index (χ0v) is 16.7. The quantitative estimate of drug-likeness (QED) is 0.400. The SMILES string of the molecule is Cc1cc(C(=O)COC(=O)c2nc(Cl)c(Cl)c(N)c2Cl)c(C)n1CC(F)(F)F. The van der Waals surface area contributed by atoms with E-state index in [4.69, 9.17) is 45.3 Å². The second kappa shape index (κ2) is 8.18. The van der Waals surface area contributed by atoms with E-state index in [-0.39, 0.29) is 37.8 Å². The number of aryl methyl sites for hydroxylation is 1. The molecular weight excluding hydrogens is 446 g/mol. The molecule has 12 heteroatoms. The molecule has 0 radical (unpaired) electrons. The third-order valence-electron chi connectivity index (χ3n) is 3.81. The van der Waals surface area contributed by atoms with Crippen molar-refractivity contribution in [3.05, 3.63) is 43.9 Å². The van der Waals surface area contributed by atoms with Gasteiger partial charge in [0.2, 0.25) is 5.78 Å². The van der Waals surface area contributed by atoms with E-state index in [0.717, 1.165) is 4.57 Å². The first-order valence-electron chi connectivity index (χ1n) is 7.57. The monoisotopic (exact) mass is 457 g/mol. The Morgan fingerprint density at radius 3 is 2.39 bits per heavy atom. The zero-order valence-electron chi connectivity index (χ0n) is 14.5. The summed E-state index contributed by atoms with van der Waals surface area (Å²) in [7, 11) is 0. The number of ketones is 1. The summed E-state index contributed by atoms with van der Waals surface area (Å²) in [5, 5.41) is -0.718. The number of pyridine rings is 1. The second-order valence-electron chi connectivity index (χ2n) is 5.78. The molecule has 2 heterocycles. The van der Waals surface area contributed by atoms with Gasteiger partial charge in [-0.25, -0.2) is 9.78 Å². The van der Waals surface area contributed by atoms with Crippen LogP contribution in [-0.2, 0) is 11.3 Å². The number of nitrogen functional groups attached to an aromatic ring is 1. The number of carbonyl (C=O) groups is 2. The van der Waals surface area contributed by atoms with Gasteiger partial charge in [0.1, 0.15) is 11.6 Å². The topological polar surface area (TPSA) is 87.2 Å². The van der Waals surface area contributed by atoms with E-state index >= 15 is 0 Å². The molecule has 2 aromatic rings. The number of nitrogens with zero attached hydrogens (tertiary/aromatic N) is 2. The van der Waals surface area contributed by atoms with Gasteiger partial charge in [-0.1, -0.05) is 34.8 Å². The molecule has 0 unspecified atom stereocenters. The van der Waals surface area contributed by atoms with E-state index in [1.807, 2.05) is 0 Å². The molecule has 0 aliphatic heterocycles. The molecule has 0 fully saturated rings. The van der Waals surface area contributed by atoms with Crippen molar-refractivity contribution >= 4 is 52.2 Å². The van der Waals surface area contributed by atoms with Crippen LogP contribution in [0.15, 0.2) is 6.07 Å². The first-order chi connectivity index (χ1) is 12.8. The minimum atomic E-state index is -4.45. The Morgan fingerprint density at radius 1 is 1.21 bits per heavy atom. The lowest BCUT2D eigenvalue weighted by Gasteiger charge is -2.12. The Morgan fingerprint density at radius 2 is 1.82 bits per heavy atom. The van der Waals surface area contributed by atoms with Crippen molar-refractivity contribution < 1.29 is 27.5 Å². The first-order valence-corrected chi connectivity index (χ1v) is 8.70. The molecule has 0 atom stereocenters. The Kier molecular flexibility index (Phi) is 6.52. The van der Waals surface area contributed by atoms with Gasteiger partial charge in [0, 0.05) is 17.0 Å². The molecule has 152 valence electrons. The highest BCUT2D eigenvalue weighted by Crippen LogP contribution is 2.34. The third-order valence-corrected chi connectivity index (χ3v) is 4.95. The summed E-state index contributed by atoms with van der Waals surface area (Å²) in [5.41, 5.74) is 5.32. The van der Waals surface area contributed by atoms with Crippen LogP contribution in [0.1, 0.15) is 32.2 Å². The lowest BCUT2D eigenvalue weighted by atomic mass is 10.1. The lowest BCUT2D eigenvalue weighted by molar-refractivity contribution is -0.141. The van der Waals surface area contributed by atoms with E-state index in [0.29, 0.717) is 0 Å². The number of alkyl halides is 3. The minimum absolute atomic E-state index is 0.00209. The van der Waals surface area contributed by atoms with Gasteiger partial charge in [-0.2, -0.15) is 13.2 Å². The molecule has 0 amide bonds. The van der Waals surface area contributed by atoms with E-state index in [1.54, 1.807) is 0 Å². The van der Waals surface area contributed by atoms with Gasteiger partial charge >= 0.3 is 12.1 Å². The number of halogens is 6. The number of esters is 1. The van der Waals surface area contributed by atoms with Gasteiger partial charge in [-0.15, -0.1) is 0 Å². The Labute approximate surface area is 172 Å². The number of ether oxygens (including phenoxy) is 1. The summed E-state index contributed by atoms with van der Waals surface area (Å²) < 4.78 is 43.8. The van der Waals surface area contributed by atoms with Crippen molar-refractivity contribution in [1.29, 1.82) is 0 Å². The third kappa shape index (κ3) is 4.71. The molecule has 0 aromatic carbocycles. The lowest BCUT2D eigenvalue weighted by Crippen LogP contribution is -2.20. The number of aromatic nitrogens is 2. The van der Waals surface area contributed by atoms with Gasteiger partial charge in [-0.05, 0) is 19.9 Å². The predicted molar refractivity (Wildman–Crippen MR) is 98.3 cm³/mol. The molecule has 0 saturated heterocycles. The average molecular weight is 459 g/mol. The molecule has 0 bridgehead atoms. The van der Waals surface area contributed by atoms with E-state index < -0.39 is 36.8 Å². The zero-order chi connectivity index (χ0) is 21.4. The van der Waals surface area contributed by atoms with Crippen LogP contribution in [0.5, 0.6) is 0 Å². The fourth-order valence-corrected chi connectivity index (χ4v) is 3.04. The minimum Gasteiger partial charge on any atom is -0.453 e. The van der Waals surface area contributed by atoms with Crippen LogP contribution in [0.25, 0.3) is 0 Å². The maximum absolute atomic E-state index is 12.7. The Hall–Kier alpha value is -1.97. The molecule has 28 heavy (non-hydrogen) atoms. The van der Waals surface area contributed by atoms with Crippen molar-refractivity contribution in [3.8, 4) is 0 Å². The first kappa shape index (κ1) is 22.3. The van der Waals surface area contributed by atoms with Gasteiger partial charge in [0.15, 0.2) is 17.5 Å². The van der Waals surface area contributed by atoms with Crippen molar-refractivity contribution in [2.75, 3.05) is 12.3 Å². The largest absolute Gasteiger partial charge is 0.453 e. The van der Waals surface area contributed by atoms with Crippen LogP contribution >= 0.6 is 34.8 Å². The molecule has 0 aliphatic carbocycles. The smallest absolute Gasteiger partial charge is 0.406 e. The van der Waals surface area contributed by atoms with Crippen molar-refractivity contribution in [2.45, 2.75) is 26.6 Å². The van der Waals surface area contributed by atoms with Crippen molar-refractivity contribution in [2.24, 2.45) is 0 Å². The number of hydrogen-bond acceptors (Lipinski definition) is 5. The number of carbonyl (C=O) groups excluding carboxylic acids is 2. The molecule has 0 spiro atoms. The standard InChI is InChI=1S/C16H13Cl3F3N3O3/c1-6-3-8(7(2)25(6)5-16(20,21)22)9(26)4-28-15(27)13-10(17)12(23)11(18)14(19)24-13/h3H,4-5H2,1-2H3,(H2,23,24). The molecule has 0 saturated carbocycles. The number of nitrogens with two attached hydrogens (primary N) is 1. The summed E-state index contributed by atoms with van der Waals surface area (Å²) in [6, 6.07) is 1.29. The van der Waals surface area contributed by atoms with Gasteiger partial charge < -0.3 is 15.0 Å². The number of Topliss-reactive ketones (excluding diaryl/α,β-unsaturated/α-hetero) is 1. The highest BCUT2D eigenvalue weighted by atomic mass is 35.5. The highest BCUT2D eigenvalue weighted by Gasteiger charge is 2.30. The Balaban J connectivity index is 2.17. The van der Waals surface area contributed by atoms with Gasteiger partial charge in [0.05, 0.1) is 10.7 Å². The van der Waals surface area contributed by atoms with Crippen LogP contribution in [0.4, 0.5) is 18.9 Å². The maximum atomic E-state index is 12.7. The van der Waals surface area contributed by atoms with Crippen LogP contribution in [0, 0.1) is 13.8 Å². The summed E-state index contributed by atoms with van der Waals surface area (Å²) in [6.45, 7) is 0.822. The van der Waals surface area contributed by atoms with Crippen LogP contribution in [-0.4, -0.2) is 34.1 Å². The molecule has 2 N–H and O–H groups in total. The van der Waals surface area contributed by atoms with E-state index in [2.05, 4.69) is 4.98 Å². The normalized spacial score (nSPS) is 11.6. The summed E-state index contributed by atoms with van der Waals surface area (Å²) >= 11 is 17.4. The number of anilines is 1. The van der Waals surface area contributed by atoms with Crippen LogP contribution in [0.2, 0.25) is 15.2 Å². The summed E-state index contributed by atoms with van der Waals surface area (Å²) in [6.07, 6.45) is -4.45. The van der Waals surface area contributed by atoms with E-state index in [9.17, 15) is 22.8 Å². The van der Waals surface area contributed by atoms with Crippen molar-refractivity contribution in [3.63, 3.8) is 0 Å². The summed E-state index contributed by atoms with van der Waals surface area (Å²) in [4.78, 5) is 28.1. The average Bonchev–Trinajstić information content (AvgIpc) is 2.87. The molecule has 2 rings (SSSR count). The van der Waals surface area contributed by atoms with Crippen LogP contribution < -0.4 is 5.73 Å². The van der Waals surface area contributed by atoms with Gasteiger partial charge in [0.25, 0.3) is 0 Å². The Bertz CT molecular complexity index is 958.